The van der Waals surface area contributed by atoms with E-state index < -0.39 is 17.4 Å². The van der Waals surface area contributed by atoms with Crippen molar-refractivity contribution in [2.75, 3.05) is 4.90 Å². The predicted molar refractivity (Wildman–Crippen MR) is 123 cm³/mol. The summed E-state index contributed by atoms with van der Waals surface area (Å²) in [5.74, 6) is -1.07. The van der Waals surface area contributed by atoms with Crippen LogP contribution in [0.25, 0.3) is 0 Å². The Morgan fingerprint density at radius 1 is 1.06 bits per heavy atom. The van der Waals surface area contributed by atoms with Crippen LogP contribution in [0.4, 0.5) is 5.69 Å². The summed E-state index contributed by atoms with van der Waals surface area (Å²) >= 11 is 12.7. The number of Topliss-reactive ketones (excluding diaryl/α,β-unsaturated/α-hetero) is 1. The number of para-hydroxylation sites is 1. The summed E-state index contributed by atoms with van der Waals surface area (Å²) in [6.07, 6.45) is 1.64. The van der Waals surface area contributed by atoms with E-state index in [1.165, 1.54) is 4.90 Å². The third-order valence-electron chi connectivity index (χ3n) is 6.93. The summed E-state index contributed by atoms with van der Waals surface area (Å²) in [4.78, 5) is 28.3. The Balaban J connectivity index is 1.77. The van der Waals surface area contributed by atoms with Crippen molar-refractivity contribution in [3.63, 3.8) is 0 Å². The molecular formula is C25H27Cl2NO3. The zero-order valence-electron chi connectivity index (χ0n) is 18.0. The fourth-order valence-corrected chi connectivity index (χ4v) is 5.53. The first-order chi connectivity index (χ1) is 14.5. The van der Waals surface area contributed by atoms with Gasteiger partial charge in [0.2, 0.25) is 0 Å². The number of rotatable bonds is 3. The summed E-state index contributed by atoms with van der Waals surface area (Å²) in [6.45, 7) is 6.56. The Bertz CT molecular complexity index is 1030. The number of ketones is 1. The molecule has 4 rings (SSSR count). The number of hydrogen-bond acceptors (Lipinski definition) is 3. The molecule has 0 unspecified atom stereocenters. The quantitative estimate of drug-likeness (QED) is 0.634. The summed E-state index contributed by atoms with van der Waals surface area (Å²) < 4.78 is 0. The van der Waals surface area contributed by atoms with E-state index in [2.05, 4.69) is 20.8 Å². The second-order valence-electron chi connectivity index (χ2n) is 9.73. The van der Waals surface area contributed by atoms with E-state index in [0.29, 0.717) is 39.7 Å². The Morgan fingerprint density at radius 3 is 2.35 bits per heavy atom. The number of halogens is 2. The number of benzene rings is 2. The molecule has 0 radical (unpaired) electrons. The molecule has 1 amide bonds. The van der Waals surface area contributed by atoms with Gasteiger partial charge in [-0.2, -0.15) is 0 Å². The van der Waals surface area contributed by atoms with E-state index in [4.69, 9.17) is 23.2 Å². The van der Waals surface area contributed by atoms with Crippen molar-refractivity contribution in [2.24, 2.45) is 17.3 Å². The van der Waals surface area contributed by atoms with E-state index in [0.717, 1.165) is 6.42 Å². The highest BCUT2D eigenvalue weighted by Crippen LogP contribution is 2.51. The zero-order valence-corrected chi connectivity index (χ0v) is 19.5. The molecule has 3 atom stereocenters. The maximum Gasteiger partial charge on any atom is 0.264 e. The van der Waals surface area contributed by atoms with E-state index in [1.807, 2.05) is 6.07 Å². The van der Waals surface area contributed by atoms with Crippen LogP contribution in [0.15, 0.2) is 42.5 Å². The Kier molecular flexibility index (Phi) is 5.70. The molecule has 2 aromatic rings. The van der Waals surface area contributed by atoms with Crippen molar-refractivity contribution in [2.45, 2.75) is 52.2 Å². The van der Waals surface area contributed by atoms with Crippen molar-refractivity contribution in [1.29, 1.82) is 0 Å². The normalized spacial score (nSPS) is 26.3. The zero-order chi connectivity index (χ0) is 22.6. The Morgan fingerprint density at radius 2 is 1.71 bits per heavy atom. The van der Waals surface area contributed by atoms with Crippen molar-refractivity contribution in [3.05, 3.63) is 63.6 Å². The molecule has 1 heterocycles. The Hall–Kier alpha value is -1.88. The fraction of sp³-hybridized carbons (Fsp3) is 0.440. The van der Waals surface area contributed by atoms with Crippen molar-refractivity contribution < 1.29 is 14.7 Å². The van der Waals surface area contributed by atoms with Gasteiger partial charge < -0.3 is 10.0 Å². The number of carbonyl (C=O) groups excluding carboxylic acids is 2. The lowest BCUT2D eigenvalue weighted by molar-refractivity contribution is -0.154. The number of hydrogen-bond donors (Lipinski definition) is 1. The lowest BCUT2D eigenvalue weighted by Crippen LogP contribution is -2.51. The van der Waals surface area contributed by atoms with Crippen LogP contribution in [-0.2, 0) is 21.7 Å². The van der Waals surface area contributed by atoms with Gasteiger partial charge in [-0.15, -0.1) is 0 Å². The number of nitrogens with zero attached hydrogens (tertiary/aromatic N) is 1. The van der Waals surface area contributed by atoms with Gasteiger partial charge in [0.15, 0.2) is 5.60 Å². The maximum atomic E-state index is 13.7. The highest BCUT2D eigenvalue weighted by Gasteiger charge is 2.58. The maximum absolute atomic E-state index is 13.7. The molecule has 0 aromatic heterocycles. The number of amides is 1. The second kappa shape index (κ2) is 7.91. The average molecular weight is 460 g/mol. The van der Waals surface area contributed by atoms with E-state index in [-0.39, 0.29) is 23.7 Å². The van der Waals surface area contributed by atoms with Gasteiger partial charge in [0.05, 0.1) is 18.2 Å². The van der Waals surface area contributed by atoms with Crippen LogP contribution >= 0.6 is 23.2 Å². The summed E-state index contributed by atoms with van der Waals surface area (Å²) in [5.41, 5.74) is -0.208. The molecule has 31 heavy (non-hydrogen) atoms. The summed E-state index contributed by atoms with van der Waals surface area (Å²) in [7, 11) is 0. The molecule has 6 heteroatoms. The molecule has 164 valence electrons. The Labute approximate surface area is 193 Å². The molecular weight excluding hydrogens is 433 g/mol. The number of fused-ring (bicyclic) bond motifs is 1. The standard InChI is InChI=1S/C25H27Cl2NO3/c1-24(2,3)15-11-12-22(29)18(13-15)25(31)17-7-4-5-10-21(17)28(23(25)30)14-16-19(26)8-6-9-20(16)27/h4-10,15,18,31H,11-14H2,1-3H3/t15-,18+,25+/m1/s1. The number of anilines is 1. The highest BCUT2D eigenvalue weighted by atomic mass is 35.5. The molecule has 1 fully saturated rings. The number of carbonyl (C=O) groups is 2. The van der Waals surface area contributed by atoms with E-state index in [1.54, 1.807) is 36.4 Å². The van der Waals surface area contributed by atoms with Gasteiger partial charge in [-0.1, -0.05) is 68.2 Å². The minimum atomic E-state index is -1.88. The molecule has 1 aliphatic carbocycles. The lowest BCUT2D eigenvalue weighted by Gasteiger charge is -2.41. The molecule has 0 spiro atoms. The monoisotopic (exact) mass is 459 g/mol. The first-order valence-corrected chi connectivity index (χ1v) is 11.4. The van der Waals surface area contributed by atoms with Crippen LogP contribution in [0.1, 0.15) is 51.2 Å². The predicted octanol–water partition coefficient (Wildman–Crippen LogP) is 5.76. The minimum absolute atomic E-state index is 0.0126. The van der Waals surface area contributed by atoms with Gasteiger partial charge in [0, 0.05) is 27.6 Å². The molecule has 2 aromatic carbocycles. The minimum Gasteiger partial charge on any atom is -0.375 e. The van der Waals surface area contributed by atoms with Crippen LogP contribution in [-0.4, -0.2) is 16.8 Å². The number of aliphatic hydroxyl groups is 1. The average Bonchev–Trinajstić information content (AvgIpc) is 2.93. The molecule has 1 N–H and O–H groups in total. The smallest absolute Gasteiger partial charge is 0.264 e. The van der Waals surface area contributed by atoms with Crippen LogP contribution < -0.4 is 4.90 Å². The topological polar surface area (TPSA) is 57.6 Å². The summed E-state index contributed by atoms with van der Waals surface area (Å²) in [5, 5.41) is 12.8. The molecule has 0 bridgehead atoms. The SMILES string of the molecule is CC(C)(C)[C@@H]1CCC(=O)[C@@H]([C@]2(O)C(=O)N(Cc3c(Cl)cccc3Cl)c3ccccc32)C1. The lowest BCUT2D eigenvalue weighted by atomic mass is 9.63. The van der Waals surface area contributed by atoms with Gasteiger partial charge in [0.25, 0.3) is 5.91 Å². The van der Waals surface area contributed by atoms with Gasteiger partial charge in [-0.3, -0.25) is 9.59 Å². The van der Waals surface area contributed by atoms with Gasteiger partial charge in [-0.05, 0) is 42.4 Å². The van der Waals surface area contributed by atoms with Gasteiger partial charge in [0.1, 0.15) is 5.78 Å². The van der Waals surface area contributed by atoms with E-state index in [9.17, 15) is 14.7 Å². The van der Waals surface area contributed by atoms with Crippen LogP contribution in [0.2, 0.25) is 10.0 Å². The molecule has 1 aliphatic heterocycles. The van der Waals surface area contributed by atoms with Crippen molar-refractivity contribution in [1.82, 2.24) is 0 Å². The van der Waals surface area contributed by atoms with Crippen molar-refractivity contribution in [3.8, 4) is 0 Å². The van der Waals surface area contributed by atoms with Crippen LogP contribution in [0.5, 0.6) is 0 Å². The second-order valence-corrected chi connectivity index (χ2v) is 10.5. The van der Waals surface area contributed by atoms with Crippen LogP contribution in [0, 0.1) is 17.3 Å². The van der Waals surface area contributed by atoms with Crippen LogP contribution in [0.3, 0.4) is 0 Å². The summed E-state index contributed by atoms with van der Waals surface area (Å²) in [6, 6.07) is 12.3. The van der Waals surface area contributed by atoms with Gasteiger partial charge >= 0.3 is 0 Å². The largest absolute Gasteiger partial charge is 0.375 e. The first kappa shape index (κ1) is 22.3. The molecule has 1 saturated carbocycles. The molecule has 2 aliphatic rings. The third-order valence-corrected chi connectivity index (χ3v) is 7.64. The fourth-order valence-electron chi connectivity index (χ4n) is 5.01. The highest BCUT2D eigenvalue weighted by molar-refractivity contribution is 6.36. The molecule has 4 nitrogen and oxygen atoms in total. The van der Waals surface area contributed by atoms with Gasteiger partial charge in [-0.25, -0.2) is 0 Å². The van der Waals surface area contributed by atoms with Crippen molar-refractivity contribution >= 4 is 40.6 Å². The first-order valence-electron chi connectivity index (χ1n) is 10.6. The molecule has 0 saturated heterocycles. The third kappa shape index (κ3) is 3.69. The van der Waals surface area contributed by atoms with E-state index >= 15 is 0 Å².